The van der Waals surface area contributed by atoms with Crippen LogP contribution < -0.4 is 0 Å². The average molecular weight is 332 g/mol. The summed E-state index contributed by atoms with van der Waals surface area (Å²) in [5.74, 6) is 2.63. The van der Waals surface area contributed by atoms with Gasteiger partial charge in [-0.25, -0.2) is 4.98 Å². The summed E-state index contributed by atoms with van der Waals surface area (Å²) in [6.07, 6.45) is 4.72. The molecule has 4 aromatic rings. The molecule has 0 aliphatic carbocycles. The molecule has 124 valence electrons. The van der Waals surface area contributed by atoms with Gasteiger partial charge >= 0.3 is 0 Å². The molecule has 7 heteroatoms. The summed E-state index contributed by atoms with van der Waals surface area (Å²) in [5, 5.41) is 11.2. The van der Waals surface area contributed by atoms with Gasteiger partial charge in [-0.3, -0.25) is 10.1 Å². The molecule has 0 fully saturated rings. The van der Waals surface area contributed by atoms with Crippen LogP contribution in [0.2, 0.25) is 0 Å². The predicted octanol–water partition coefficient (Wildman–Crippen LogP) is 3.01. The van der Waals surface area contributed by atoms with E-state index in [1.54, 1.807) is 12.4 Å². The molecule has 0 atom stereocenters. The maximum Gasteiger partial charge on any atom is 0.257 e. The Morgan fingerprint density at radius 3 is 2.72 bits per heavy atom. The largest absolute Gasteiger partial charge is 0.334 e. The fraction of sp³-hybridized carbons (Fsp3) is 0.167. The van der Waals surface area contributed by atoms with Crippen molar-refractivity contribution >= 4 is 0 Å². The molecule has 0 saturated carbocycles. The Balaban J connectivity index is 1.43. The summed E-state index contributed by atoms with van der Waals surface area (Å²) in [6, 6.07) is 11.7. The van der Waals surface area contributed by atoms with Gasteiger partial charge in [-0.1, -0.05) is 22.9 Å². The van der Waals surface area contributed by atoms with Crippen molar-refractivity contribution in [1.82, 2.24) is 30.3 Å². The number of aromatic amines is 1. The Bertz CT molecular complexity index is 976. The minimum Gasteiger partial charge on any atom is -0.334 e. The number of nitrogens with zero attached hydrogens (tertiary/aromatic N) is 5. The first-order valence-corrected chi connectivity index (χ1v) is 7.99. The summed E-state index contributed by atoms with van der Waals surface area (Å²) in [6.45, 7) is 2.03. The zero-order valence-corrected chi connectivity index (χ0v) is 13.7. The van der Waals surface area contributed by atoms with Gasteiger partial charge in [0.15, 0.2) is 11.6 Å². The summed E-state index contributed by atoms with van der Waals surface area (Å²) < 4.78 is 5.35. The maximum absolute atomic E-state index is 5.35. The van der Waals surface area contributed by atoms with E-state index in [9.17, 15) is 0 Å². The smallest absolute Gasteiger partial charge is 0.257 e. The second-order valence-electron chi connectivity index (χ2n) is 5.73. The lowest BCUT2D eigenvalue weighted by atomic mass is 10.1. The molecule has 0 unspecified atom stereocenters. The van der Waals surface area contributed by atoms with E-state index in [1.807, 2.05) is 43.3 Å². The molecular weight excluding hydrogens is 316 g/mol. The lowest BCUT2D eigenvalue weighted by molar-refractivity contribution is 0.422. The van der Waals surface area contributed by atoms with E-state index in [1.165, 1.54) is 0 Å². The van der Waals surface area contributed by atoms with Crippen molar-refractivity contribution in [3.05, 3.63) is 66.0 Å². The van der Waals surface area contributed by atoms with Crippen LogP contribution in [0, 0.1) is 6.92 Å². The molecule has 7 nitrogen and oxygen atoms in total. The summed E-state index contributed by atoms with van der Waals surface area (Å²) in [7, 11) is 0. The molecule has 4 rings (SSSR count). The highest BCUT2D eigenvalue weighted by atomic mass is 16.5. The summed E-state index contributed by atoms with van der Waals surface area (Å²) in [5.41, 5.74) is 3.01. The van der Waals surface area contributed by atoms with E-state index >= 15 is 0 Å². The van der Waals surface area contributed by atoms with Crippen LogP contribution in [0.15, 0.2) is 53.3 Å². The number of pyridine rings is 1. The van der Waals surface area contributed by atoms with E-state index in [4.69, 9.17) is 4.52 Å². The third kappa shape index (κ3) is 3.45. The lowest BCUT2D eigenvalue weighted by Crippen LogP contribution is -1.95. The van der Waals surface area contributed by atoms with E-state index in [0.29, 0.717) is 30.4 Å². The van der Waals surface area contributed by atoms with Crippen LogP contribution in [-0.4, -0.2) is 30.3 Å². The SMILES string of the molecule is Cc1cccc(-c2nc(CCc3nc(-c4ccncc4)n[nH]3)no2)c1. The molecule has 25 heavy (non-hydrogen) atoms. The van der Waals surface area contributed by atoms with Gasteiger partial charge < -0.3 is 4.52 Å². The number of nitrogens with one attached hydrogen (secondary N) is 1. The molecule has 0 amide bonds. The molecule has 0 saturated heterocycles. The van der Waals surface area contributed by atoms with Crippen molar-refractivity contribution in [1.29, 1.82) is 0 Å². The molecular formula is C18H16N6O. The van der Waals surface area contributed by atoms with E-state index in [2.05, 4.69) is 30.3 Å². The van der Waals surface area contributed by atoms with Crippen molar-refractivity contribution in [3.63, 3.8) is 0 Å². The molecule has 0 bridgehead atoms. The van der Waals surface area contributed by atoms with Crippen molar-refractivity contribution in [2.24, 2.45) is 0 Å². The maximum atomic E-state index is 5.35. The number of hydrogen-bond acceptors (Lipinski definition) is 6. The molecule has 1 aromatic carbocycles. The Morgan fingerprint density at radius 1 is 1.00 bits per heavy atom. The standard InChI is InChI=1S/C18H16N6O/c1-12-3-2-4-14(11-12)18-21-16(24-25-18)6-5-15-20-17(23-22-15)13-7-9-19-10-8-13/h2-4,7-11H,5-6H2,1H3,(H,20,22,23). The third-order valence-corrected chi connectivity index (χ3v) is 3.79. The van der Waals surface area contributed by atoms with Crippen molar-refractivity contribution in [2.45, 2.75) is 19.8 Å². The van der Waals surface area contributed by atoms with Gasteiger partial charge in [-0.05, 0) is 31.2 Å². The van der Waals surface area contributed by atoms with Gasteiger partial charge in [0.2, 0.25) is 0 Å². The first kappa shape index (κ1) is 15.2. The van der Waals surface area contributed by atoms with Crippen LogP contribution in [0.4, 0.5) is 0 Å². The second kappa shape index (κ2) is 6.64. The minimum atomic E-state index is 0.536. The number of hydrogen-bond donors (Lipinski definition) is 1. The van der Waals surface area contributed by atoms with Crippen LogP contribution >= 0.6 is 0 Å². The van der Waals surface area contributed by atoms with Crippen molar-refractivity contribution in [2.75, 3.05) is 0 Å². The quantitative estimate of drug-likeness (QED) is 0.604. The molecule has 3 heterocycles. The number of H-pyrrole nitrogens is 1. The fourth-order valence-corrected chi connectivity index (χ4v) is 2.52. The molecule has 0 aliphatic rings. The molecule has 1 N–H and O–H groups in total. The van der Waals surface area contributed by atoms with Gasteiger partial charge in [0.05, 0.1) is 0 Å². The zero-order chi connectivity index (χ0) is 17.1. The number of benzene rings is 1. The summed E-state index contributed by atoms with van der Waals surface area (Å²) in [4.78, 5) is 12.9. The second-order valence-corrected chi connectivity index (χ2v) is 5.73. The lowest BCUT2D eigenvalue weighted by Gasteiger charge is -1.95. The number of aryl methyl sites for hydroxylation is 3. The number of aromatic nitrogens is 6. The van der Waals surface area contributed by atoms with Gasteiger partial charge in [-0.2, -0.15) is 10.1 Å². The number of rotatable bonds is 5. The van der Waals surface area contributed by atoms with E-state index in [-0.39, 0.29) is 0 Å². The Morgan fingerprint density at radius 2 is 1.88 bits per heavy atom. The first-order chi connectivity index (χ1) is 12.3. The highest BCUT2D eigenvalue weighted by Crippen LogP contribution is 2.19. The van der Waals surface area contributed by atoms with Gasteiger partial charge in [0, 0.05) is 36.4 Å². The highest BCUT2D eigenvalue weighted by Gasteiger charge is 2.11. The van der Waals surface area contributed by atoms with Crippen molar-refractivity contribution < 1.29 is 4.52 Å². The Kier molecular flexibility index (Phi) is 4.04. The van der Waals surface area contributed by atoms with Crippen LogP contribution in [0.1, 0.15) is 17.2 Å². The molecule has 0 aliphatic heterocycles. The summed E-state index contributed by atoms with van der Waals surface area (Å²) >= 11 is 0. The van der Waals surface area contributed by atoms with Crippen LogP contribution in [0.25, 0.3) is 22.8 Å². The van der Waals surface area contributed by atoms with E-state index < -0.39 is 0 Å². The molecule has 3 aromatic heterocycles. The van der Waals surface area contributed by atoms with Crippen LogP contribution in [0.5, 0.6) is 0 Å². The fourth-order valence-electron chi connectivity index (χ4n) is 2.52. The zero-order valence-electron chi connectivity index (χ0n) is 13.7. The third-order valence-electron chi connectivity index (χ3n) is 3.79. The average Bonchev–Trinajstić information content (AvgIpc) is 3.30. The van der Waals surface area contributed by atoms with Gasteiger partial charge in [0.25, 0.3) is 5.89 Å². The van der Waals surface area contributed by atoms with Crippen LogP contribution in [-0.2, 0) is 12.8 Å². The van der Waals surface area contributed by atoms with Crippen molar-refractivity contribution in [3.8, 4) is 22.8 Å². The normalized spacial score (nSPS) is 10.9. The molecule has 0 spiro atoms. The first-order valence-electron chi connectivity index (χ1n) is 7.99. The topological polar surface area (TPSA) is 93.4 Å². The van der Waals surface area contributed by atoms with Gasteiger partial charge in [-0.15, -0.1) is 0 Å². The van der Waals surface area contributed by atoms with E-state index in [0.717, 1.165) is 22.5 Å². The minimum absolute atomic E-state index is 0.536. The predicted molar refractivity (Wildman–Crippen MR) is 91.5 cm³/mol. The Labute approximate surface area is 144 Å². The monoisotopic (exact) mass is 332 g/mol. The highest BCUT2D eigenvalue weighted by molar-refractivity contribution is 5.54. The molecule has 0 radical (unpaired) electrons. The van der Waals surface area contributed by atoms with Crippen LogP contribution in [0.3, 0.4) is 0 Å². The van der Waals surface area contributed by atoms with Gasteiger partial charge in [0.1, 0.15) is 5.82 Å². The Hall–Kier alpha value is -3.35.